The fourth-order valence-corrected chi connectivity index (χ4v) is 2.14. The van der Waals surface area contributed by atoms with Crippen LogP contribution < -0.4 is 14.8 Å². The van der Waals surface area contributed by atoms with Crippen LogP contribution in [0.25, 0.3) is 0 Å². The molecule has 0 spiro atoms. The predicted molar refractivity (Wildman–Crippen MR) is 127 cm³/mol. The number of ether oxygens (including phenoxy) is 2. The first-order valence-electron chi connectivity index (χ1n) is 9.12. The summed E-state index contributed by atoms with van der Waals surface area (Å²) >= 11 is 0. The average Bonchev–Trinajstić information content (AvgIpc) is 2.77. The predicted octanol–water partition coefficient (Wildman–Crippen LogP) is 2.57. The van der Waals surface area contributed by atoms with Gasteiger partial charge in [-0.1, -0.05) is 7.43 Å². The zero-order valence-electron chi connectivity index (χ0n) is 19.2. The molecule has 9 nitrogen and oxygen atoms in total. The van der Waals surface area contributed by atoms with E-state index in [4.69, 9.17) is 19.7 Å². The molecule has 0 atom stereocenters. The number of aromatic hydroxyl groups is 2. The Labute approximate surface area is 191 Å². The maximum atomic E-state index is 10.7. The molecule has 2 rings (SSSR count). The first-order chi connectivity index (χ1) is 14.8. The minimum Gasteiger partial charge on any atom is -0.504 e. The molecular formula is C23H38N2O7. The highest BCUT2D eigenvalue weighted by atomic mass is 16.5. The highest BCUT2D eigenvalue weighted by Gasteiger charge is 2.10. The van der Waals surface area contributed by atoms with Crippen LogP contribution in [0.4, 0.5) is 0 Å². The number of aldehydes is 2. The first-order valence-corrected chi connectivity index (χ1v) is 9.12. The number of nitrogens with zero attached hydrogens (tertiary/aromatic N) is 1. The third kappa shape index (κ3) is 12.5. The molecule has 0 aromatic heterocycles. The number of nitrogens with one attached hydrogen (secondary N) is 1. The maximum absolute atomic E-state index is 10.7. The topological polar surface area (TPSA) is 129 Å². The molecule has 0 unspecified atom stereocenters. The number of carbonyl (C=O) groups is 2. The van der Waals surface area contributed by atoms with Crippen molar-refractivity contribution >= 4 is 12.6 Å². The maximum Gasteiger partial charge on any atom is 0.162 e. The van der Waals surface area contributed by atoms with E-state index in [0.29, 0.717) is 41.0 Å². The fourth-order valence-electron chi connectivity index (χ4n) is 2.14. The van der Waals surface area contributed by atoms with E-state index in [-0.39, 0.29) is 18.9 Å². The Balaban J connectivity index is -0.000000437. The fraction of sp³-hybridized carbons (Fsp3) is 0.391. The van der Waals surface area contributed by atoms with Crippen molar-refractivity contribution in [3.05, 3.63) is 47.0 Å². The summed E-state index contributed by atoms with van der Waals surface area (Å²) in [5, 5.41) is 28.6. The van der Waals surface area contributed by atoms with Gasteiger partial charge in [0.05, 0.1) is 14.2 Å². The molecule has 0 aliphatic carbocycles. The number of hydrogen-bond donors (Lipinski definition) is 4. The van der Waals surface area contributed by atoms with Crippen molar-refractivity contribution in [2.45, 2.75) is 14.0 Å². The number of aliphatic hydroxyl groups is 1. The Morgan fingerprint density at radius 2 is 1.38 bits per heavy atom. The van der Waals surface area contributed by atoms with E-state index in [1.807, 2.05) is 33.1 Å². The van der Waals surface area contributed by atoms with Crippen LogP contribution in [0.3, 0.4) is 0 Å². The molecule has 0 aliphatic rings. The summed E-state index contributed by atoms with van der Waals surface area (Å²) in [5.74, 6) is 0.779. The zero-order valence-corrected chi connectivity index (χ0v) is 19.2. The standard InChI is InChI=1S/C11H15NO3.C8H8O3.C2H7N.CH4O.CH4/c1-12(2)6-9-4-8(7-13)5-10(15-3)11(9)14;1-11-8-4-6(5-9)2-3-7(8)10;1-3-2;1-2;/h4-5,7,14H,6H2,1-3H3;2-5,10H,1H3;3H,1-2H3;2H,1H3;1H4. The third-order valence-corrected chi connectivity index (χ3v) is 3.36. The molecule has 0 amide bonds. The van der Waals surface area contributed by atoms with Crippen LogP contribution in [0.1, 0.15) is 33.7 Å². The van der Waals surface area contributed by atoms with E-state index in [9.17, 15) is 14.7 Å². The Morgan fingerprint density at radius 1 is 0.906 bits per heavy atom. The van der Waals surface area contributed by atoms with Crippen LogP contribution in [0, 0.1) is 0 Å². The second-order valence-electron chi connectivity index (χ2n) is 6.14. The monoisotopic (exact) mass is 454 g/mol. The van der Waals surface area contributed by atoms with E-state index in [0.717, 1.165) is 13.4 Å². The highest BCUT2D eigenvalue weighted by Crippen LogP contribution is 2.31. The van der Waals surface area contributed by atoms with Crippen molar-refractivity contribution < 1.29 is 34.4 Å². The number of methoxy groups -OCH3 is 2. The van der Waals surface area contributed by atoms with Gasteiger partial charge in [-0.2, -0.15) is 0 Å². The molecular weight excluding hydrogens is 416 g/mol. The number of aliphatic hydroxyl groups excluding tert-OH is 1. The van der Waals surface area contributed by atoms with E-state index >= 15 is 0 Å². The molecule has 2 aromatic rings. The summed E-state index contributed by atoms with van der Waals surface area (Å²) in [5.41, 5.74) is 1.67. The second kappa shape index (κ2) is 19.8. The van der Waals surface area contributed by atoms with Crippen molar-refractivity contribution in [3.8, 4) is 23.0 Å². The quantitative estimate of drug-likeness (QED) is 0.487. The molecule has 0 radical (unpaired) electrons. The molecule has 0 aliphatic heterocycles. The van der Waals surface area contributed by atoms with Crippen molar-refractivity contribution in [1.82, 2.24) is 10.2 Å². The van der Waals surface area contributed by atoms with Crippen LogP contribution in [0.15, 0.2) is 30.3 Å². The van der Waals surface area contributed by atoms with E-state index in [1.54, 1.807) is 6.07 Å². The Kier molecular flexibility index (Phi) is 20.7. The smallest absolute Gasteiger partial charge is 0.162 e. The molecule has 0 saturated heterocycles. The normalized spacial score (nSPS) is 8.78. The van der Waals surface area contributed by atoms with E-state index in [1.165, 1.54) is 38.5 Å². The minimum atomic E-state index is 0. The third-order valence-electron chi connectivity index (χ3n) is 3.36. The lowest BCUT2D eigenvalue weighted by Gasteiger charge is -2.13. The van der Waals surface area contributed by atoms with E-state index < -0.39 is 0 Å². The van der Waals surface area contributed by atoms with Crippen molar-refractivity contribution in [2.75, 3.05) is 49.5 Å². The van der Waals surface area contributed by atoms with Crippen molar-refractivity contribution in [2.24, 2.45) is 0 Å². The summed E-state index contributed by atoms with van der Waals surface area (Å²) in [6, 6.07) is 7.59. The Bertz CT molecular complexity index is 781. The molecule has 0 heterocycles. The number of rotatable bonds is 6. The van der Waals surface area contributed by atoms with Gasteiger partial charge in [0.15, 0.2) is 23.0 Å². The van der Waals surface area contributed by atoms with Gasteiger partial charge in [-0.3, -0.25) is 9.59 Å². The van der Waals surface area contributed by atoms with Gasteiger partial charge in [0.1, 0.15) is 12.6 Å². The van der Waals surface area contributed by atoms with Crippen LogP contribution in [-0.2, 0) is 6.54 Å². The molecule has 0 bridgehead atoms. The largest absolute Gasteiger partial charge is 0.504 e. The summed E-state index contributed by atoms with van der Waals surface area (Å²) in [4.78, 5) is 22.8. The summed E-state index contributed by atoms with van der Waals surface area (Å²) in [7, 11) is 11.4. The zero-order chi connectivity index (χ0) is 24.4. The average molecular weight is 455 g/mol. The molecule has 2 aromatic carbocycles. The van der Waals surface area contributed by atoms with Gasteiger partial charge in [-0.05, 0) is 58.5 Å². The lowest BCUT2D eigenvalue weighted by molar-refractivity contribution is 0.111. The van der Waals surface area contributed by atoms with Gasteiger partial charge in [0.2, 0.25) is 0 Å². The van der Waals surface area contributed by atoms with Crippen molar-refractivity contribution in [3.63, 3.8) is 0 Å². The molecule has 0 fully saturated rings. The SMILES string of the molecule is C.CNC.CO.COc1cc(C=O)cc(CN(C)C)c1O.COc1cc(C=O)ccc1O. The number of phenolic OH excluding ortho intramolecular Hbond substituents is 2. The number of carbonyl (C=O) groups excluding carboxylic acids is 2. The summed E-state index contributed by atoms with van der Waals surface area (Å²) in [6.07, 6.45) is 1.43. The second-order valence-corrected chi connectivity index (χ2v) is 6.14. The molecule has 32 heavy (non-hydrogen) atoms. The number of phenols is 2. The minimum absolute atomic E-state index is 0. The molecule has 4 N–H and O–H groups in total. The van der Waals surface area contributed by atoms with Gasteiger partial charge in [-0.15, -0.1) is 0 Å². The molecule has 0 saturated carbocycles. The van der Waals surface area contributed by atoms with Crippen LogP contribution in [-0.4, -0.2) is 82.3 Å². The molecule has 9 heteroatoms. The van der Waals surface area contributed by atoms with Crippen LogP contribution in [0.5, 0.6) is 23.0 Å². The van der Waals surface area contributed by atoms with Crippen LogP contribution >= 0.6 is 0 Å². The van der Waals surface area contributed by atoms with E-state index in [2.05, 4.69) is 5.32 Å². The summed E-state index contributed by atoms with van der Waals surface area (Å²) in [6.45, 7) is 0.559. The van der Waals surface area contributed by atoms with Crippen LogP contribution in [0.2, 0.25) is 0 Å². The lowest BCUT2D eigenvalue weighted by Crippen LogP contribution is -2.11. The Morgan fingerprint density at radius 3 is 1.78 bits per heavy atom. The Hall–Kier alpha value is -3.14. The number of hydrogen-bond acceptors (Lipinski definition) is 9. The van der Waals surface area contributed by atoms with Crippen molar-refractivity contribution in [1.29, 1.82) is 0 Å². The van der Waals surface area contributed by atoms with Gasteiger partial charge in [-0.25, -0.2) is 0 Å². The van der Waals surface area contributed by atoms with Gasteiger partial charge in [0, 0.05) is 30.3 Å². The van der Waals surface area contributed by atoms with Gasteiger partial charge in [0.25, 0.3) is 0 Å². The lowest BCUT2D eigenvalue weighted by atomic mass is 10.1. The molecule has 182 valence electrons. The number of benzene rings is 2. The first kappa shape index (κ1) is 33.5. The van der Waals surface area contributed by atoms with Gasteiger partial charge < -0.3 is 35.0 Å². The highest BCUT2D eigenvalue weighted by molar-refractivity contribution is 5.77. The van der Waals surface area contributed by atoms with Gasteiger partial charge >= 0.3 is 0 Å². The summed E-state index contributed by atoms with van der Waals surface area (Å²) < 4.78 is 9.76.